The molecule has 0 saturated heterocycles. The van der Waals surface area contributed by atoms with Gasteiger partial charge in [0.25, 0.3) is 0 Å². The standard InChI is InChI=1S/C23H32O4/c1-5-19(26)23(27)13(2)10-17-16-7-6-14-11-15(24)8-9-21(14,3)20(16)18(25)12-22(17,23)4/h8-9,11,13,16-18,20,25,27H,5-7,10,12H2,1-4H3/t13-,16?,17?,18+,20?,21-,22-,23-/m0/s1. The van der Waals surface area contributed by atoms with E-state index in [1.54, 1.807) is 12.2 Å². The molecule has 3 fully saturated rings. The minimum atomic E-state index is -1.35. The third kappa shape index (κ3) is 2.23. The molecule has 0 spiro atoms. The zero-order valence-electron chi connectivity index (χ0n) is 16.9. The van der Waals surface area contributed by atoms with Gasteiger partial charge in [-0.3, -0.25) is 9.59 Å². The number of hydrogen-bond donors (Lipinski definition) is 2. The van der Waals surface area contributed by atoms with Gasteiger partial charge in [0.15, 0.2) is 11.6 Å². The molecule has 4 nitrogen and oxygen atoms in total. The summed E-state index contributed by atoms with van der Waals surface area (Å²) in [4.78, 5) is 24.7. The Kier molecular flexibility index (Phi) is 4.15. The quantitative estimate of drug-likeness (QED) is 0.780. The highest BCUT2D eigenvalue weighted by Crippen LogP contribution is 2.68. The summed E-state index contributed by atoms with van der Waals surface area (Å²) in [6.45, 7) is 7.98. The van der Waals surface area contributed by atoms with E-state index in [0.29, 0.717) is 12.8 Å². The number of rotatable bonds is 2. The van der Waals surface area contributed by atoms with Gasteiger partial charge in [0.1, 0.15) is 5.60 Å². The number of fused-ring (bicyclic) bond motifs is 5. The first-order chi connectivity index (χ1) is 12.6. The van der Waals surface area contributed by atoms with Crippen LogP contribution in [0.1, 0.15) is 59.8 Å². The smallest absolute Gasteiger partial charge is 0.178 e. The second-order valence-corrected chi connectivity index (χ2v) is 9.89. The highest BCUT2D eigenvalue weighted by Gasteiger charge is 2.70. The van der Waals surface area contributed by atoms with Crippen LogP contribution in [-0.4, -0.2) is 33.5 Å². The van der Waals surface area contributed by atoms with Gasteiger partial charge in [-0.25, -0.2) is 0 Å². The van der Waals surface area contributed by atoms with Gasteiger partial charge in [0.2, 0.25) is 0 Å². The van der Waals surface area contributed by atoms with E-state index in [4.69, 9.17) is 0 Å². The Morgan fingerprint density at radius 2 is 2.04 bits per heavy atom. The number of aliphatic hydroxyl groups is 2. The summed E-state index contributed by atoms with van der Waals surface area (Å²) < 4.78 is 0. The highest BCUT2D eigenvalue weighted by molar-refractivity contribution is 6.01. The van der Waals surface area contributed by atoms with Crippen LogP contribution in [0.15, 0.2) is 23.8 Å². The van der Waals surface area contributed by atoms with Crippen LogP contribution in [0.5, 0.6) is 0 Å². The van der Waals surface area contributed by atoms with Gasteiger partial charge in [-0.15, -0.1) is 0 Å². The Hall–Kier alpha value is -1.26. The first-order valence-electron chi connectivity index (χ1n) is 10.5. The molecule has 2 N–H and O–H groups in total. The molecule has 0 aromatic rings. The van der Waals surface area contributed by atoms with E-state index in [0.717, 1.165) is 24.8 Å². The van der Waals surface area contributed by atoms with Gasteiger partial charge in [0, 0.05) is 23.2 Å². The third-order valence-electron chi connectivity index (χ3n) is 8.82. The Labute approximate surface area is 161 Å². The van der Waals surface area contributed by atoms with E-state index in [2.05, 4.69) is 6.92 Å². The van der Waals surface area contributed by atoms with Crippen molar-refractivity contribution in [2.45, 2.75) is 71.5 Å². The average Bonchev–Trinajstić information content (AvgIpc) is 2.82. The minimum absolute atomic E-state index is 0.0335. The van der Waals surface area contributed by atoms with Gasteiger partial charge in [-0.05, 0) is 55.6 Å². The summed E-state index contributed by atoms with van der Waals surface area (Å²) in [6, 6.07) is 0. The molecule has 0 radical (unpaired) electrons. The molecule has 0 aromatic carbocycles. The molecule has 148 valence electrons. The van der Waals surface area contributed by atoms with E-state index < -0.39 is 17.1 Å². The molecule has 0 bridgehead atoms. The Morgan fingerprint density at radius 1 is 1.33 bits per heavy atom. The normalized spacial score (nSPS) is 51.3. The lowest BCUT2D eigenvalue weighted by atomic mass is 9.46. The van der Waals surface area contributed by atoms with Crippen molar-refractivity contribution in [3.8, 4) is 0 Å². The third-order valence-corrected chi connectivity index (χ3v) is 8.82. The van der Waals surface area contributed by atoms with Crippen molar-refractivity contribution in [2.24, 2.45) is 34.5 Å². The van der Waals surface area contributed by atoms with E-state index in [9.17, 15) is 19.8 Å². The number of allylic oxidation sites excluding steroid dienone is 4. The highest BCUT2D eigenvalue weighted by atomic mass is 16.3. The Morgan fingerprint density at radius 3 is 2.70 bits per heavy atom. The fourth-order valence-corrected chi connectivity index (χ4v) is 7.52. The van der Waals surface area contributed by atoms with Gasteiger partial charge < -0.3 is 10.2 Å². The van der Waals surface area contributed by atoms with E-state index >= 15 is 0 Å². The molecule has 8 atom stereocenters. The lowest BCUT2D eigenvalue weighted by Crippen LogP contribution is -2.62. The molecule has 4 aliphatic carbocycles. The number of carbonyl (C=O) groups excluding carboxylic acids is 2. The van der Waals surface area contributed by atoms with Crippen molar-refractivity contribution >= 4 is 11.6 Å². The zero-order valence-corrected chi connectivity index (χ0v) is 16.9. The van der Waals surface area contributed by atoms with Gasteiger partial charge >= 0.3 is 0 Å². The minimum Gasteiger partial charge on any atom is -0.393 e. The van der Waals surface area contributed by atoms with Crippen LogP contribution in [0.3, 0.4) is 0 Å². The van der Waals surface area contributed by atoms with Crippen molar-refractivity contribution in [2.75, 3.05) is 0 Å². The molecule has 4 heteroatoms. The SMILES string of the molecule is CCC(=O)[C@@]1(O)[C@@H](C)CC2C3CCC4=CC(=O)C=C[C@]4(C)C3[C@H](O)C[C@@]21C. The van der Waals surface area contributed by atoms with Crippen molar-refractivity contribution in [3.05, 3.63) is 23.8 Å². The van der Waals surface area contributed by atoms with Crippen molar-refractivity contribution in [1.29, 1.82) is 0 Å². The molecule has 0 aliphatic heterocycles. The zero-order chi connectivity index (χ0) is 19.8. The number of Topliss-reactive ketones (excluding diaryl/α,β-unsaturated/α-hetero) is 1. The van der Waals surface area contributed by atoms with Gasteiger partial charge in [-0.2, -0.15) is 0 Å². The molecular formula is C23H32O4. The number of aliphatic hydroxyl groups excluding tert-OH is 1. The maximum atomic E-state index is 12.8. The molecule has 0 aromatic heterocycles. The summed E-state index contributed by atoms with van der Waals surface area (Å²) in [7, 11) is 0. The molecule has 0 heterocycles. The first-order valence-corrected chi connectivity index (χ1v) is 10.5. The summed E-state index contributed by atoms with van der Waals surface area (Å²) in [5, 5.41) is 22.9. The first kappa shape index (κ1) is 19.1. The molecule has 3 unspecified atom stereocenters. The summed E-state index contributed by atoms with van der Waals surface area (Å²) in [6.07, 6.45) is 8.14. The van der Waals surface area contributed by atoms with Crippen molar-refractivity contribution in [3.63, 3.8) is 0 Å². The largest absolute Gasteiger partial charge is 0.393 e. The van der Waals surface area contributed by atoms with Crippen LogP contribution in [0.2, 0.25) is 0 Å². The number of ketones is 2. The molecule has 0 amide bonds. The maximum absolute atomic E-state index is 12.8. The van der Waals surface area contributed by atoms with E-state index in [1.807, 2.05) is 26.8 Å². The fraction of sp³-hybridized carbons (Fsp3) is 0.739. The van der Waals surface area contributed by atoms with Gasteiger partial charge in [-0.1, -0.05) is 39.3 Å². The molecule has 4 rings (SSSR count). The van der Waals surface area contributed by atoms with Crippen LogP contribution in [-0.2, 0) is 9.59 Å². The van der Waals surface area contributed by atoms with Gasteiger partial charge in [0.05, 0.1) is 6.10 Å². The molecule has 3 saturated carbocycles. The fourth-order valence-electron chi connectivity index (χ4n) is 7.52. The van der Waals surface area contributed by atoms with E-state index in [1.165, 1.54) is 0 Å². The van der Waals surface area contributed by atoms with E-state index in [-0.39, 0.29) is 40.7 Å². The average molecular weight is 373 g/mol. The predicted molar refractivity (Wildman–Crippen MR) is 103 cm³/mol. The second-order valence-electron chi connectivity index (χ2n) is 9.89. The van der Waals surface area contributed by atoms with Crippen LogP contribution < -0.4 is 0 Å². The molecule has 27 heavy (non-hydrogen) atoms. The summed E-state index contributed by atoms with van der Waals surface area (Å²) in [5.41, 5.74) is -1.12. The monoisotopic (exact) mass is 372 g/mol. The molecular weight excluding hydrogens is 340 g/mol. The van der Waals surface area contributed by atoms with Crippen LogP contribution in [0.4, 0.5) is 0 Å². The summed E-state index contributed by atoms with van der Waals surface area (Å²) >= 11 is 0. The lowest BCUT2D eigenvalue weighted by molar-refractivity contribution is -0.181. The number of carbonyl (C=O) groups is 2. The number of hydrogen-bond acceptors (Lipinski definition) is 4. The van der Waals surface area contributed by atoms with Crippen LogP contribution >= 0.6 is 0 Å². The summed E-state index contributed by atoms with van der Waals surface area (Å²) in [5.74, 6) is 0.348. The second kappa shape index (κ2) is 5.87. The lowest BCUT2D eigenvalue weighted by Gasteiger charge is -2.59. The molecule has 4 aliphatic rings. The van der Waals surface area contributed by atoms with Crippen molar-refractivity contribution in [1.82, 2.24) is 0 Å². The van der Waals surface area contributed by atoms with Crippen molar-refractivity contribution < 1.29 is 19.8 Å². The van der Waals surface area contributed by atoms with Crippen LogP contribution in [0, 0.1) is 34.5 Å². The predicted octanol–water partition coefficient (Wildman–Crippen LogP) is 3.22. The topological polar surface area (TPSA) is 74.6 Å². The Bertz CT molecular complexity index is 751. The Balaban J connectivity index is 1.78. The van der Waals surface area contributed by atoms with Crippen LogP contribution in [0.25, 0.3) is 0 Å². The maximum Gasteiger partial charge on any atom is 0.178 e.